The molecule has 1 unspecified atom stereocenters. The number of aromatic hydroxyl groups is 2. The SMILES string of the molecule is COc1c(O)cc2c3c1-c1cc(C)c(O)c(N)c1CC3N(C)CC2. The molecule has 5 heteroatoms. The molecule has 2 aromatic carbocycles. The first-order valence-corrected chi connectivity index (χ1v) is 8.18. The fraction of sp³-hybridized carbons (Fsp3) is 0.368. The average molecular weight is 326 g/mol. The molecule has 1 atom stereocenters. The van der Waals surface area contributed by atoms with Crippen molar-refractivity contribution >= 4 is 5.69 Å². The van der Waals surface area contributed by atoms with Crippen molar-refractivity contribution in [3.63, 3.8) is 0 Å². The van der Waals surface area contributed by atoms with E-state index < -0.39 is 0 Å². The number of nitrogens with two attached hydrogens (primary N) is 1. The summed E-state index contributed by atoms with van der Waals surface area (Å²) in [6.45, 7) is 2.77. The number of phenols is 2. The van der Waals surface area contributed by atoms with Crippen LogP contribution in [-0.2, 0) is 12.8 Å². The highest BCUT2D eigenvalue weighted by Gasteiger charge is 2.37. The quantitative estimate of drug-likeness (QED) is 0.555. The minimum absolute atomic E-state index is 0.148. The van der Waals surface area contributed by atoms with Gasteiger partial charge in [0.15, 0.2) is 11.5 Å². The predicted molar refractivity (Wildman–Crippen MR) is 93.7 cm³/mol. The number of anilines is 1. The van der Waals surface area contributed by atoms with Crippen molar-refractivity contribution in [3.8, 4) is 28.4 Å². The van der Waals surface area contributed by atoms with E-state index in [9.17, 15) is 10.2 Å². The maximum atomic E-state index is 10.5. The molecule has 4 rings (SSSR count). The van der Waals surface area contributed by atoms with Gasteiger partial charge >= 0.3 is 0 Å². The molecule has 5 nitrogen and oxygen atoms in total. The standard InChI is InChI=1S/C19H22N2O3/c1-9-6-11-12(17(20)18(9)23)8-13-15-10(4-5-21(13)2)7-14(22)19(24-3)16(11)15/h6-7,13,22-23H,4-5,8,20H2,1-3H3. The monoisotopic (exact) mass is 326 g/mol. The number of hydrogen-bond donors (Lipinski definition) is 3. The number of aryl methyl sites for hydroxylation is 1. The highest BCUT2D eigenvalue weighted by atomic mass is 16.5. The zero-order valence-corrected chi connectivity index (χ0v) is 14.2. The summed E-state index contributed by atoms with van der Waals surface area (Å²) in [5, 5.41) is 20.7. The Balaban J connectivity index is 2.13. The van der Waals surface area contributed by atoms with Crippen LogP contribution in [0.15, 0.2) is 12.1 Å². The second-order valence-corrected chi connectivity index (χ2v) is 6.81. The van der Waals surface area contributed by atoms with Crippen molar-refractivity contribution in [3.05, 3.63) is 34.4 Å². The zero-order chi connectivity index (χ0) is 17.2. The van der Waals surface area contributed by atoms with Crippen LogP contribution < -0.4 is 10.5 Å². The molecule has 0 amide bonds. The second-order valence-electron chi connectivity index (χ2n) is 6.81. The minimum atomic E-state index is 0.148. The number of rotatable bonds is 1. The number of benzene rings is 2. The van der Waals surface area contributed by atoms with Crippen LogP contribution in [0.3, 0.4) is 0 Å². The summed E-state index contributed by atoms with van der Waals surface area (Å²) in [6, 6.07) is 3.96. The van der Waals surface area contributed by atoms with E-state index in [0.29, 0.717) is 11.4 Å². The fourth-order valence-electron chi connectivity index (χ4n) is 4.22. The van der Waals surface area contributed by atoms with Gasteiger partial charge in [-0.1, -0.05) is 0 Å². The summed E-state index contributed by atoms with van der Waals surface area (Å²) in [7, 11) is 3.68. The van der Waals surface area contributed by atoms with Gasteiger partial charge in [-0.3, -0.25) is 4.90 Å². The third-order valence-electron chi connectivity index (χ3n) is 5.50. The van der Waals surface area contributed by atoms with E-state index in [2.05, 4.69) is 11.9 Å². The summed E-state index contributed by atoms with van der Waals surface area (Å²) < 4.78 is 5.55. The van der Waals surface area contributed by atoms with Gasteiger partial charge in [0, 0.05) is 18.2 Å². The lowest BCUT2D eigenvalue weighted by Crippen LogP contribution is -2.36. The number of likely N-dealkylation sites (N-methyl/N-ethyl adjacent to an activating group) is 1. The van der Waals surface area contributed by atoms with Gasteiger partial charge in [-0.2, -0.15) is 0 Å². The van der Waals surface area contributed by atoms with E-state index in [0.717, 1.165) is 41.6 Å². The number of hydrogen-bond acceptors (Lipinski definition) is 5. The Morgan fingerprint density at radius 3 is 2.75 bits per heavy atom. The van der Waals surface area contributed by atoms with Crippen LogP contribution >= 0.6 is 0 Å². The van der Waals surface area contributed by atoms with E-state index in [1.807, 2.05) is 19.1 Å². The molecule has 2 aliphatic rings. The third kappa shape index (κ3) is 1.85. The molecule has 1 aliphatic heterocycles. The first kappa shape index (κ1) is 15.1. The Morgan fingerprint density at radius 1 is 1.29 bits per heavy atom. The van der Waals surface area contributed by atoms with Gasteiger partial charge in [0.25, 0.3) is 0 Å². The summed E-state index contributed by atoms with van der Waals surface area (Å²) in [5.41, 5.74) is 12.6. The molecular formula is C19H22N2O3. The van der Waals surface area contributed by atoms with E-state index in [-0.39, 0.29) is 17.5 Å². The zero-order valence-electron chi connectivity index (χ0n) is 14.2. The molecular weight excluding hydrogens is 304 g/mol. The average Bonchev–Trinajstić information content (AvgIpc) is 2.56. The molecule has 0 saturated heterocycles. The van der Waals surface area contributed by atoms with Gasteiger partial charge in [0.1, 0.15) is 5.75 Å². The molecule has 1 aliphatic carbocycles. The summed E-state index contributed by atoms with van der Waals surface area (Å²) in [4.78, 5) is 2.31. The Bertz CT molecular complexity index is 861. The minimum Gasteiger partial charge on any atom is -0.506 e. The van der Waals surface area contributed by atoms with Crippen LogP contribution in [0.1, 0.15) is 28.3 Å². The fourth-order valence-corrected chi connectivity index (χ4v) is 4.22. The maximum absolute atomic E-state index is 10.5. The van der Waals surface area contributed by atoms with Crippen molar-refractivity contribution in [2.45, 2.75) is 25.8 Å². The van der Waals surface area contributed by atoms with Gasteiger partial charge in [0.05, 0.1) is 12.8 Å². The first-order valence-electron chi connectivity index (χ1n) is 8.18. The highest BCUT2D eigenvalue weighted by molar-refractivity contribution is 5.88. The topological polar surface area (TPSA) is 78.9 Å². The van der Waals surface area contributed by atoms with Gasteiger partial charge < -0.3 is 20.7 Å². The largest absolute Gasteiger partial charge is 0.506 e. The molecule has 24 heavy (non-hydrogen) atoms. The molecule has 0 radical (unpaired) electrons. The van der Waals surface area contributed by atoms with Crippen LogP contribution in [0.25, 0.3) is 11.1 Å². The Morgan fingerprint density at radius 2 is 2.04 bits per heavy atom. The van der Waals surface area contributed by atoms with Crippen LogP contribution in [-0.4, -0.2) is 35.8 Å². The van der Waals surface area contributed by atoms with Gasteiger partial charge in [-0.15, -0.1) is 0 Å². The van der Waals surface area contributed by atoms with Crippen molar-refractivity contribution in [1.29, 1.82) is 0 Å². The first-order chi connectivity index (χ1) is 11.4. The molecule has 1 heterocycles. The molecule has 2 aromatic rings. The van der Waals surface area contributed by atoms with E-state index in [4.69, 9.17) is 10.5 Å². The summed E-state index contributed by atoms with van der Waals surface area (Å²) in [6.07, 6.45) is 1.65. The molecule has 126 valence electrons. The van der Waals surface area contributed by atoms with E-state index in [1.165, 1.54) is 11.1 Å². The number of methoxy groups -OCH3 is 1. The molecule has 4 N–H and O–H groups in total. The third-order valence-corrected chi connectivity index (χ3v) is 5.50. The lowest BCUT2D eigenvalue weighted by Gasteiger charge is -2.40. The van der Waals surface area contributed by atoms with Crippen LogP contribution in [0, 0.1) is 6.92 Å². The van der Waals surface area contributed by atoms with Crippen LogP contribution in [0.5, 0.6) is 17.2 Å². The molecule has 0 aromatic heterocycles. The predicted octanol–water partition coefficient (Wildman–Crippen LogP) is 2.75. The Labute approximate surface area is 141 Å². The van der Waals surface area contributed by atoms with Crippen LogP contribution in [0.4, 0.5) is 5.69 Å². The molecule has 0 fully saturated rings. The Hall–Kier alpha value is -2.40. The number of nitrogen functional groups attached to an aromatic ring is 1. The maximum Gasteiger partial charge on any atom is 0.168 e. The van der Waals surface area contributed by atoms with Gasteiger partial charge in [-0.25, -0.2) is 0 Å². The molecule has 0 spiro atoms. The number of ether oxygens (including phenoxy) is 1. The van der Waals surface area contributed by atoms with Crippen molar-refractivity contribution in [2.75, 3.05) is 26.4 Å². The van der Waals surface area contributed by atoms with Crippen molar-refractivity contribution < 1.29 is 14.9 Å². The lowest BCUT2D eigenvalue weighted by atomic mass is 9.75. The number of fused-ring (bicyclic) bond motifs is 2. The lowest BCUT2D eigenvalue weighted by molar-refractivity contribution is 0.227. The summed E-state index contributed by atoms with van der Waals surface area (Å²) in [5.74, 6) is 0.793. The van der Waals surface area contributed by atoms with Crippen molar-refractivity contribution in [1.82, 2.24) is 4.90 Å². The smallest absolute Gasteiger partial charge is 0.168 e. The normalized spacial score (nSPS) is 18.9. The van der Waals surface area contributed by atoms with E-state index >= 15 is 0 Å². The summed E-state index contributed by atoms with van der Waals surface area (Å²) >= 11 is 0. The van der Waals surface area contributed by atoms with E-state index in [1.54, 1.807) is 7.11 Å². The number of nitrogens with zero attached hydrogens (tertiary/aromatic N) is 1. The number of phenolic OH excluding ortho intramolecular Hbond substituents is 2. The van der Waals surface area contributed by atoms with Crippen LogP contribution in [0.2, 0.25) is 0 Å². The van der Waals surface area contributed by atoms with Crippen molar-refractivity contribution in [2.24, 2.45) is 0 Å². The second kappa shape index (κ2) is 5.05. The Kier molecular flexibility index (Phi) is 3.18. The highest BCUT2D eigenvalue weighted by Crippen LogP contribution is 2.54. The van der Waals surface area contributed by atoms with Gasteiger partial charge in [0.2, 0.25) is 0 Å². The molecule has 0 bridgehead atoms. The molecule has 0 saturated carbocycles. The van der Waals surface area contributed by atoms with Gasteiger partial charge in [-0.05, 0) is 66.8 Å².